The second kappa shape index (κ2) is 9.91. The van der Waals surface area contributed by atoms with Crippen LogP contribution in [0.3, 0.4) is 0 Å². The second-order valence-corrected chi connectivity index (χ2v) is 8.00. The van der Waals surface area contributed by atoms with Crippen molar-refractivity contribution < 1.29 is 19.1 Å². The Balaban J connectivity index is 1.69. The molecule has 0 fully saturated rings. The summed E-state index contributed by atoms with van der Waals surface area (Å²) < 4.78 is 10.5. The van der Waals surface area contributed by atoms with Crippen molar-refractivity contribution >= 4 is 39.8 Å². The van der Waals surface area contributed by atoms with Crippen molar-refractivity contribution in [1.82, 2.24) is 5.32 Å². The number of carbonyl (C=O) groups is 2. The molecular formula is C20H23ClN2O4S. The van der Waals surface area contributed by atoms with Gasteiger partial charge in [-0.25, -0.2) is 0 Å². The molecule has 28 heavy (non-hydrogen) atoms. The number of hydrogen-bond acceptors (Lipinski definition) is 5. The first-order valence-electron chi connectivity index (χ1n) is 9.18. The first-order valence-corrected chi connectivity index (χ1v) is 10.4. The number of aryl methyl sites for hydroxylation is 1. The van der Waals surface area contributed by atoms with E-state index in [9.17, 15) is 9.59 Å². The summed E-state index contributed by atoms with van der Waals surface area (Å²) in [6.07, 6.45) is 3.95. The van der Waals surface area contributed by atoms with E-state index in [0.717, 1.165) is 31.2 Å². The SMILES string of the molecule is COCCNC(=O)c1c(NC(=O)COc2ccc(Cl)cc2)sc2c1CCCC2. The highest BCUT2D eigenvalue weighted by Gasteiger charge is 2.26. The van der Waals surface area contributed by atoms with Gasteiger partial charge in [-0.3, -0.25) is 9.59 Å². The summed E-state index contributed by atoms with van der Waals surface area (Å²) in [5.74, 6) is 0.0763. The van der Waals surface area contributed by atoms with Gasteiger partial charge in [0.05, 0.1) is 12.2 Å². The summed E-state index contributed by atoms with van der Waals surface area (Å²) in [4.78, 5) is 26.3. The smallest absolute Gasteiger partial charge is 0.262 e. The van der Waals surface area contributed by atoms with E-state index in [-0.39, 0.29) is 18.4 Å². The molecule has 8 heteroatoms. The molecule has 0 saturated heterocycles. The molecule has 0 unspecified atom stereocenters. The molecule has 1 aliphatic carbocycles. The summed E-state index contributed by atoms with van der Waals surface area (Å²) in [6.45, 7) is 0.719. The topological polar surface area (TPSA) is 76.7 Å². The minimum absolute atomic E-state index is 0.144. The number of halogens is 1. The van der Waals surface area contributed by atoms with Crippen molar-refractivity contribution in [3.63, 3.8) is 0 Å². The highest BCUT2D eigenvalue weighted by Crippen LogP contribution is 2.38. The zero-order chi connectivity index (χ0) is 19.9. The lowest BCUT2D eigenvalue weighted by Crippen LogP contribution is -2.29. The number of ether oxygens (including phenoxy) is 2. The molecule has 1 aromatic carbocycles. The number of thiophene rings is 1. The van der Waals surface area contributed by atoms with Crippen molar-refractivity contribution in [2.45, 2.75) is 25.7 Å². The molecule has 6 nitrogen and oxygen atoms in total. The lowest BCUT2D eigenvalue weighted by Gasteiger charge is -2.13. The molecule has 1 heterocycles. The largest absolute Gasteiger partial charge is 0.484 e. The van der Waals surface area contributed by atoms with E-state index in [4.69, 9.17) is 21.1 Å². The summed E-state index contributed by atoms with van der Waals surface area (Å²) in [7, 11) is 1.59. The van der Waals surface area contributed by atoms with E-state index in [0.29, 0.717) is 34.5 Å². The van der Waals surface area contributed by atoms with Gasteiger partial charge >= 0.3 is 0 Å². The van der Waals surface area contributed by atoms with Crippen molar-refractivity contribution in [1.29, 1.82) is 0 Å². The molecule has 0 aliphatic heterocycles. The molecule has 2 amide bonds. The van der Waals surface area contributed by atoms with Crippen LogP contribution in [-0.2, 0) is 22.4 Å². The summed E-state index contributed by atoms with van der Waals surface area (Å²) >= 11 is 7.33. The molecule has 0 bridgehead atoms. The van der Waals surface area contributed by atoms with E-state index in [1.165, 1.54) is 16.2 Å². The van der Waals surface area contributed by atoms with Crippen molar-refractivity contribution in [2.24, 2.45) is 0 Å². The molecule has 0 spiro atoms. The van der Waals surface area contributed by atoms with E-state index < -0.39 is 0 Å². The summed E-state index contributed by atoms with van der Waals surface area (Å²) in [5, 5.41) is 6.91. The number of nitrogens with one attached hydrogen (secondary N) is 2. The third-order valence-corrected chi connectivity index (χ3v) is 5.89. The number of anilines is 1. The predicted octanol–water partition coefficient (Wildman–Crippen LogP) is 3.67. The summed E-state index contributed by atoms with van der Waals surface area (Å²) in [5.41, 5.74) is 1.63. The molecule has 1 aliphatic rings. The van der Waals surface area contributed by atoms with E-state index in [2.05, 4.69) is 10.6 Å². The Bertz CT molecular complexity index is 835. The fourth-order valence-electron chi connectivity index (χ4n) is 3.09. The Morgan fingerprint density at radius 2 is 1.93 bits per heavy atom. The van der Waals surface area contributed by atoms with Gasteiger partial charge in [0.15, 0.2) is 6.61 Å². The van der Waals surface area contributed by atoms with Gasteiger partial charge in [-0.15, -0.1) is 11.3 Å². The maximum atomic E-state index is 12.7. The van der Waals surface area contributed by atoms with Gasteiger partial charge in [0.2, 0.25) is 0 Å². The normalized spacial score (nSPS) is 12.9. The van der Waals surface area contributed by atoms with Crippen LogP contribution in [0.25, 0.3) is 0 Å². The Labute approximate surface area is 173 Å². The van der Waals surface area contributed by atoms with Crippen LogP contribution < -0.4 is 15.4 Å². The zero-order valence-corrected chi connectivity index (χ0v) is 17.3. The third-order valence-electron chi connectivity index (χ3n) is 4.43. The third kappa shape index (κ3) is 5.25. The molecule has 0 atom stereocenters. The first-order chi connectivity index (χ1) is 13.6. The number of rotatable bonds is 8. The lowest BCUT2D eigenvalue weighted by molar-refractivity contribution is -0.118. The molecule has 0 radical (unpaired) electrons. The van der Waals surface area contributed by atoms with Gasteiger partial charge in [0, 0.05) is 23.6 Å². The lowest BCUT2D eigenvalue weighted by atomic mass is 9.95. The number of benzene rings is 1. The Morgan fingerprint density at radius 1 is 1.18 bits per heavy atom. The Kier molecular flexibility index (Phi) is 7.30. The van der Waals surface area contributed by atoms with E-state index >= 15 is 0 Å². The number of fused-ring (bicyclic) bond motifs is 1. The molecule has 2 N–H and O–H groups in total. The molecule has 2 aromatic rings. The van der Waals surface area contributed by atoms with Crippen molar-refractivity contribution in [3.8, 4) is 5.75 Å². The fourth-order valence-corrected chi connectivity index (χ4v) is 4.52. The maximum Gasteiger partial charge on any atom is 0.262 e. The number of amides is 2. The van der Waals surface area contributed by atoms with Crippen LogP contribution in [-0.4, -0.2) is 38.7 Å². The average Bonchev–Trinajstić information content (AvgIpc) is 3.05. The highest BCUT2D eigenvalue weighted by atomic mass is 35.5. The summed E-state index contributed by atoms with van der Waals surface area (Å²) in [6, 6.07) is 6.80. The fraction of sp³-hybridized carbons (Fsp3) is 0.400. The van der Waals surface area contributed by atoms with Crippen LogP contribution in [0.5, 0.6) is 5.75 Å². The zero-order valence-electron chi connectivity index (χ0n) is 15.7. The standard InChI is InChI=1S/C20H23ClN2O4S/c1-26-11-10-22-19(25)18-15-4-2-3-5-16(15)28-20(18)23-17(24)12-27-14-8-6-13(21)7-9-14/h6-9H,2-5,10-12H2,1H3,(H,22,25)(H,23,24). The highest BCUT2D eigenvalue weighted by molar-refractivity contribution is 7.17. The Morgan fingerprint density at radius 3 is 2.68 bits per heavy atom. The molecular weight excluding hydrogens is 400 g/mol. The molecule has 0 saturated carbocycles. The van der Waals surface area contributed by atoms with Gasteiger partial charge < -0.3 is 20.1 Å². The van der Waals surface area contributed by atoms with Crippen LogP contribution in [0.2, 0.25) is 5.02 Å². The van der Waals surface area contributed by atoms with Crippen LogP contribution in [0.4, 0.5) is 5.00 Å². The second-order valence-electron chi connectivity index (χ2n) is 6.45. The van der Waals surface area contributed by atoms with Gasteiger partial charge in [-0.1, -0.05) is 11.6 Å². The minimum Gasteiger partial charge on any atom is -0.484 e. The number of methoxy groups -OCH3 is 1. The van der Waals surface area contributed by atoms with Gasteiger partial charge in [0.25, 0.3) is 11.8 Å². The Hall–Kier alpha value is -2.09. The first kappa shape index (κ1) is 20.6. The number of hydrogen-bond donors (Lipinski definition) is 2. The van der Waals surface area contributed by atoms with E-state index in [1.807, 2.05) is 0 Å². The van der Waals surface area contributed by atoms with E-state index in [1.54, 1.807) is 31.4 Å². The minimum atomic E-state index is -0.306. The van der Waals surface area contributed by atoms with Crippen LogP contribution in [0, 0.1) is 0 Å². The van der Waals surface area contributed by atoms with Crippen LogP contribution >= 0.6 is 22.9 Å². The molecule has 3 rings (SSSR count). The molecule has 1 aromatic heterocycles. The number of carbonyl (C=O) groups excluding carboxylic acids is 2. The predicted molar refractivity (Wildman–Crippen MR) is 111 cm³/mol. The van der Waals surface area contributed by atoms with Gasteiger partial charge in [0.1, 0.15) is 10.8 Å². The van der Waals surface area contributed by atoms with Crippen LogP contribution in [0.15, 0.2) is 24.3 Å². The van der Waals surface area contributed by atoms with Crippen molar-refractivity contribution in [2.75, 3.05) is 32.2 Å². The van der Waals surface area contributed by atoms with Gasteiger partial charge in [-0.2, -0.15) is 0 Å². The molecule has 150 valence electrons. The van der Waals surface area contributed by atoms with Gasteiger partial charge in [-0.05, 0) is 55.5 Å². The van der Waals surface area contributed by atoms with Crippen molar-refractivity contribution in [3.05, 3.63) is 45.3 Å². The van der Waals surface area contributed by atoms with Crippen LogP contribution in [0.1, 0.15) is 33.6 Å². The maximum absolute atomic E-state index is 12.7. The quantitative estimate of drug-likeness (QED) is 0.636. The monoisotopic (exact) mass is 422 g/mol. The average molecular weight is 423 g/mol.